The van der Waals surface area contributed by atoms with Gasteiger partial charge in [-0.05, 0) is 30.2 Å². The third kappa shape index (κ3) is 4.19. The Morgan fingerprint density at radius 1 is 1.22 bits per heavy atom. The summed E-state index contributed by atoms with van der Waals surface area (Å²) in [5.74, 6) is 1.95. The summed E-state index contributed by atoms with van der Waals surface area (Å²) in [4.78, 5) is 23.4. The van der Waals surface area contributed by atoms with Crippen molar-refractivity contribution < 1.29 is 23.8 Å². The van der Waals surface area contributed by atoms with Gasteiger partial charge in [-0.3, -0.25) is 9.59 Å². The van der Waals surface area contributed by atoms with Crippen molar-refractivity contribution in [2.24, 2.45) is 0 Å². The van der Waals surface area contributed by atoms with Crippen molar-refractivity contribution in [3.63, 3.8) is 0 Å². The summed E-state index contributed by atoms with van der Waals surface area (Å²) < 4.78 is 15.8. The highest BCUT2D eigenvalue weighted by molar-refractivity contribution is 8.14. The van der Waals surface area contributed by atoms with Crippen LogP contribution in [0, 0.1) is 0 Å². The molecule has 0 aromatic heterocycles. The van der Waals surface area contributed by atoms with Gasteiger partial charge in [0, 0.05) is 11.8 Å². The number of ether oxygens (including phenoxy) is 3. The molecule has 0 spiro atoms. The SMILES string of the molecule is COc1cc(/C=C/C(=O)N[C@H]2CCSC2=O)cc(OC)c1OC. The highest BCUT2D eigenvalue weighted by atomic mass is 32.2. The number of amides is 1. The van der Waals surface area contributed by atoms with Crippen molar-refractivity contribution in [2.75, 3.05) is 27.1 Å². The van der Waals surface area contributed by atoms with Gasteiger partial charge in [-0.25, -0.2) is 0 Å². The van der Waals surface area contributed by atoms with Gasteiger partial charge in [0.2, 0.25) is 16.8 Å². The number of benzene rings is 1. The van der Waals surface area contributed by atoms with Gasteiger partial charge in [0.1, 0.15) is 0 Å². The second-order valence-electron chi connectivity index (χ2n) is 4.81. The van der Waals surface area contributed by atoms with E-state index in [2.05, 4.69) is 5.32 Å². The Hall–Kier alpha value is -2.15. The molecular formula is C16H19NO5S. The summed E-state index contributed by atoms with van der Waals surface area (Å²) in [6.45, 7) is 0. The molecule has 1 aliphatic rings. The summed E-state index contributed by atoms with van der Waals surface area (Å²) >= 11 is 1.25. The number of hydrogen-bond donors (Lipinski definition) is 1. The van der Waals surface area contributed by atoms with E-state index < -0.39 is 6.04 Å². The van der Waals surface area contributed by atoms with Crippen molar-refractivity contribution in [1.29, 1.82) is 0 Å². The molecule has 124 valence electrons. The van der Waals surface area contributed by atoms with E-state index in [-0.39, 0.29) is 11.0 Å². The lowest BCUT2D eigenvalue weighted by Crippen LogP contribution is -2.35. The summed E-state index contributed by atoms with van der Waals surface area (Å²) in [5.41, 5.74) is 0.724. The third-order valence-electron chi connectivity index (χ3n) is 3.37. The van der Waals surface area contributed by atoms with Crippen LogP contribution in [-0.2, 0) is 9.59 Å². The van der Waals surface area contributed by atoms with Crippen molar-refractivity contribution in [1.82, 2.24) is 5.32 Å². The lowest BCUT2D eigenvalue weighted by Gasteiger charge is -2.13. The van der Waals surface area contributed by atoms with Gasteiger partial charge in [-0.1, -0.05) is 11.8 Å². The molecule has 1 aromatic rings. The van der Waals surface area contributed by atoms with Gasteiger partial charge >= 0.3 is 0 Å². The first-order valence-corrected chi connectivity index (χ1v) is 8.02. The maximum Gasteiger partial charge on any atom is 0.244 e. The van der Waals surface area contributed by atoms with Gasteiger partial charge < -0.3 is 19.5 Å². The molecule has 1 heterocycles. The molecule has 1 saturated heterocycles. The van der Waals surface area contributed by atoms with Crippen LogP contribution in [0.3, 0.4) is 0 Å². The number of nitrogens with one attached hydrogen (secondary N) is 1. The van der Waals surface area contributed by atoms with Crippen LogP contribution in [0.15, 0.2) is 18.2 Å². The molecule has 0 aliphatic carbocycles. The summed E-state index contributed by atoms with van der Waals surface area (Å²) in [5, 5.41) is 2.71. The predicted octanol–water partition coefficient (Wildman–Crippen LogP) is 1.87. The molecule has 1 atom stereocenters. The van der Waals surface area contributed by atoms with Crippen LogP contribution in [0.5, 0.6) is 17.2 Å². The van der Waals surface area contributed by atoms with Crippen molar-refractivity contribution >= 4 is 28.9 Å². The minimum Gasteiger partial charge on any atom is -0.493 e. The smallest absolute Gasteiger partial charge is 0.244 e. The fourth-order valence-corrected chi connectivity index (χ4v) is 3.15. The monoisotopic (exact) mass is 337 g/mol. The van der Waals surface area contributed by atoms with Gasteiger partial charge in [0.25, 0.3) is 0 Å². The number of carbonyl (C=O) groups excluding carboxylic acids is 2. The molecule has 1 N–H and O–H groups in total. The molecule has 23 heavy (non-hydrogen) atoms. The van der Waals surface area contributed by atoms with Gasteiger partial charge in [0.15, 0.2) is 11.5 Å². The van der Waals surface area contributed by atoms with Crippen LogP contribution in [0.4, 0.5) is 0 Å². The zero-order chi connectivity index (χ0) is 16.8. The average molecular weight is 337 g/mol. The normalized spacial score (nSPS) is 17.3. The van der Waals surface area contributed by atoms with E-state index in [0.29, 0.717) is 23.7 Å². The summed E-state index contributed by atoms with van der Waals surface area (Å²) in [6, 6.07) is 3.08. The molecule has 1 aliphatic heterocycles. The molecule has 1 fully saturated rings. The molecule has 0 bridgehead atoms. The average Bonchev–Trinajstić information content (AvgIpc) is 2.96. The van der Waals surface area contributed by atoms with Gasteiger partial charge in [-0.2, -0.15) is 0 Å². The van der Waals surface area contributed by atoms with Crippen LogP contribution < -0.4 is 19.5 Å². The standard InChI is InChI=1S/C16H19NO5S/c1-20-12-8-10(9-13(21-2)15(12)22-3)4-5-14(18)17-11-6-7-23-16(11)19/h4-5,8-9,11H,6-7H2,1-3H3,(H,17,18)/b5-4+/t11-/m0/s1. The fourth-order valence-electron chi connectivity index (χ4n) is 2.22. The predicted molar refractivity (Wildman–Crippen MR) is 89.1 cm³/mol. The van der Waals surface area contributed by atoms with E-state index in [1.54, 1.807) is 18.2 Å². The molecule has 1 amide bonds. The second-order valence-corrected chi connectivity index (χ2v) is 5.91. The molecule has 6 nitrogen and oxygen atoms in total. The molecule has 0 saturated carbocycles. The Balaban J connectivity index is 2.12. The summed E-state index contributed by atoms with van der Waals surface area (Å²) in [7, 11) is 4.59. The first kappa shape index (κ1) is 17.2. The number of methoxy groups -OCH3 is 3. The van der Waals surface area contributed by atoms with Gasteiger partial charge in [0.05, 0.1) is 27.4 Å². The first-order valence-electron chi connectivity index (χ1n) is 7.04. The van der Waals surface area contributed by atoms with Crippen LogP contribution in [0.1, 0.15) is 12.0 Å². The fraction of sp³-hybridized carbons (Fsp3) is 0.375. The van der Waals surface area contributed by atoms with Crippen LogP contribution in [0.25, 0.3) is 6.08 Å². The largest absolute Gasteiger partial charge is 0.493 e. The topological polar surface area (TPSA) is 73.9 Å². The summed E-state index contributed by atoms with van der Waals surface area (Å²) in [6.07, 6.45) is 3.69. The maximum absolute atomic E-state index is 11.9. The van der Waals surface area contributed by atoms with Crippen molar-refractivity contribution in [2.45, 2.75) is 12.5 Å². The highest BCUT2D eigenvalue weighted by Gasteiger charge is 2.25. The Morgan fingerprint density at radius 3 is 2.35 bits per heavy atom. The maximum atomic E-state index is 11.9. The first-order chi connectivity index (χ1) is 11.1. The zero-order valence-corrected chi connectivity index (χ0v) is 14.1. The molecule has 7 heteroatoms. The Labute approximate surface area is 139 Å². The lowest BCUT2D eigenvalue weighted by atomic mass is 10.1. The van der Waals surface area contributed by atoms with Crippen LogP contribution in [-0.4, -0.2) is 44.1 Å². The van der Waals surface area contributed by atoms with E-state index in [4.69, 9.17) is 14.2 Å². The van der Waals surface area contributed by atoms with E-state index in [9.17, 15) is 9.59 Å². The third-order valence-corrected chi connectivity index (χ3v) is 4.37. The number of rotatable bonds is 6. The minimum absolute atomic E-state index is 0.0135. The Morgan fingerprint density at radius 2 is 1.87 bits per heavy atom. The van der Waals surface area contributed by atoms with E-state index in [1.807, 2.05) is 0 Å². The Bertz CT molecular complexity index is 604. The van der Waals surface area contributed by atoms with Gasteiger partial charge in [-0.15, -0.1) is 0 Å². The number of hydrogen-bond acceptors (Lipinski definition) is 6. The molecule has 0 radical (unpaired) electrons. The van der Waals surface area contributed by atoms with Crippen LogP contribution in [0.2, 0.25) is 0 Å². The quantitative estimate of drug-likeness (QED) is 0.799. The molecule has 2 rings (SSSR count). The van der Waals surface area contributed by atoms with Crippen molar-refractivity contribution in [3.05, 3.63) is 23.8 Å². The van der Waals surface area contributed by atoms with E-state index in [1.165, 1.54) is 39.2 Å². The molecule has 1 aromatic carbocycles. The van der Waals surface area contributed by atoms with Crippen molar-refractivity contribution in [3.8, 4) is 17.2 Å². The zero-order valence-electron chi connectivity index (χ0n) is 13.3. The number of carbonyl (C=O) groups is 2. The molecular weight excluding hydrogens is 318 g/mol. The van der Waals surface area contributed by atoms with E-state index in [0.717, 1.165) is 11.3 Å². The van der Waals surface area contributed by atoms with Crippen LogP contribution >= 0.6 is 11.8 Å². The Kier molecular flexibility index (Phi) is 5.92. The second kappa shape index (κ2) is 7.92. The lowest BCUT2D eigenvalue weighted by molar-refractivity contribution is -0.120. The molecule has 0 unspecified atom stereocenters. The number of thioether (sulfide) groups is 1. The minimum atomic E-state index is -0.392. The van der Waals surface area contributed by atoms with E-state index >= 15 is 0 Å². The highest BCUT2D eigenvalue weighted by Crippen LogP contribution is 2.38.